The maximum absolute atomic E-state index is 13.8. The molecule has 6 nitrogen and oxygen atoms in total. The molecule has 0 saturated heterocycles. The van der Waals surface area contributed by atoms with Crippen LogP contribution in [0.15, 0.2) is 72.4 Å². The van der Waals surface area contributed by atoms with Crippen molar-refractivity contribution < 1.29 is 19.1 Å². The number of carbonyl (C=O) groups excluding carboxylic acids is 2. The van der Waals surface area contributed by atoms with Gasteiger partial charge in [-0.1, -0.05) is 48.0 Å². The molecule has 0 spiro atoms. The fraction of sp³-hybridized carbons (Fsp3) is 0.185. The zero-order valence-electron chi connectivity index (χ0n) is 19.1. The second kappa shape index (κ2) is 9.20. The number of aryl methyl sites for hydroxylation is 2. The molecule has 0 aromatic heterocycles. The van der Waals surface area contributed by atoms with E-state index in [-0.39, 0.29) is 11.3 Å². The van der Waals surface area contributed by atoms with Crippen LogP contribution in [0, 0.1) is 13.8 Å². The topological polar surface area (TPSA) is 67.9 Å². The van der Waals surface area contributed by atoms with Gasteiger partial charge in [0, 0.05) is 5.56 Å². The third-order valence-corrected chi connectivity index (χ3v) is 5.50. The lowest BCUT2D eigenvalue weighted by atomic mass is 10.0. The molecule has 1 aliphatic rings. The van der Waals surface area contributed by atoms with Crippen LogP contribution in [0.5, 0.6) is 11.5 Å². The monoisotopic (exact) mass is 442 g/mol. The summed E-state index contributed by atoms with van der Waals surface area (Å²) < 4.78 is 11.2. The highest BCUT2D eigenvalue weighted by Gasteiger charge is 2.42. The molecular formula is C27H26N2O4. The zero-order valence-corrected chi connectivity index (χ0v) is 19.1. The van der Waals surface area contributed by atoms with E-state index in [1.807, 2.05) is 69.3 Å². The van der Waals surface area contributed by atoms with Crippen LogP contribution in [0.2, 0.25) is 0 Å². The standard InChI is InChI=1S/C27H26N2O4/c1-5-33-23-13-9-7-11-20(23)28-25-24(19-10-6-8-12-22(19)32-4)26(30)29(27(25)31)21-15-14-17(2)16-18(21)3/h6-16,28H,5H2,1-4H3. The number of imide groups is 1. The Bertz CT molecular complexity index is 1260. The molecule has 0 bridgehead atoms. The highest BCUT2D eigenvalue weighted by atomic mass is 16.5. The Morgan fingerprint density at radius 2 is 1.58 bits per heavy atom. The predicted molar refractivity (Wildman–Crippen MR) is 130 cm³/mol. The number of rotatable bonds is 7. The van der Waals surface area contributed by atoms with Crippen LogP contribution in [0.4, 0.5) is 11.4 Å². The lowest BCUT2D eigenvalue weighted by Gasteiger charge is -2.18. The summed E-state index contributed by atoms with van der Waals surface area (Å²) in [6.45, 7) is 6.23. The SMILES string of the molecule is CCOc1ccccc1NC1=C(c2ccccc2OC)C(=O)N(c2ccc(C)cc2C)C1=O. The van der Waals surface area contributed by atoms with E-state index in [1.54, 1.807) is 25.3 Å². The van der Waals surface area contributed by atoms with Crippen LogP contribution in [-0.2, 0) is 9.59 Å². The fourth-order valence-electron chi connectivity index (χ4n) is 4.01. The van der Waals surface area contributed by atoms with E-state index in [2.05, 4.69) is 5.32 Å². The number of benzene rings is 3. The largest absolute Gasteiger partial charge is 0.496 e. The maximum atomic E-state index is 13.8. The molecule has 33 heavy (non-hydrogen) atoms. The third-order valence-electron chi connectivity index (χ3n) is 5.50. The normalized spacial score (nSPS) is 13.5. The summed E-state index contributed by atoms with van der Waals surface area (Å²) in [5.74, 6) is 0.262. The van der Waals surface area contributed by atoms with Crippen LogP contribution < -0.4 is 19.7 Å². The van der Waals surface area contributed by atoms with Gasteiger partial charge in [0.1, 0.15) is 17.2 Å². The van der Waals surface area contributed by atoms with Crippen LogP contribution in [0.25, 0.3) is 5.57 Å². The first-order chi connectivity index (χ1) is 16.0. The van der Waals surface area contributed by atoms with E-state index in [0.717, 1.165) is 11.1 Å². The Labute approximate surface area is 193 Å². The molecular weight excluding hydrogens is 416 g/mol. The van der Waals surface area contributed by atoms with Gasteiger partial charge in [0.05, 0.1) is 30.7 Å². The molecule has 1 N–H and O–H groups in total. The summed E-state index contributed by atoms with van der Waals surface area (Å²) in [4.78, 5) is 28.7. The van der Waals surface area contributed by atoms with Gasteiger partial charge in [-0.25, -0.2) is 4.90 Å². The summed E-state index contributed by atoms with van der Waals surface area (Å²) in [7, 11) is 1.54. The molecule has 3 aromatic rings. The second-order valence-corrected chi connectivity index (χ2v) is 7.74. The lowest BCUT2D eigenvalue weighted by Crippen LogP contribution is -2.33. The lowest BCUT2D eigenvalue weighted by molar-refractivity contribution is -0.120. The molecule has 0 aliphatic carbocycles. The van der Waals surface area contributed by atoms with Crippen molar-refractivity contribution in [3.63, 3.8) is 0 Å². The van der Waals surface area contributed by atoms with Gasteiger partial charge in [-0.2, -0.15) is 0 Å². The number of nitrogens with zero attached hydrogens (tertiary/aromatic N) is 1. The second-order valence-electron chi connectivity index (χ2n) is 7.74. The van der Waals surface area contributed by atoms with E-state index >= 15 is 0 Å². The quantitative estimate of drug-likeness (QED) is 0.515. The van der Waals surface area contributed by atoms with Crippen molar-refractivity contribution in [1.82, 2.24) is 0 Å². The fourth-order valence-corrected chi connectivity index (χ4v) is 4.01. The van der Waals surface area contributed by atoms with E-state index in [4.69, 9.17) is 9.47 Å². The van der Waals surface area contributed by atoms with Gasteiger partial charge < -0.3 is 14.8 Å². The summed E-state index contributed by atoms with van der Waals surface area (Å²) >= 11 is 0. The molecule has 2 amide bonds. The number of nitrogens with one attached hydrogen (secondary N) is 1. The number of hydrogen-bond donors (Lipinski definition) is 1. The van der Waals surface area contributed by atoms with Gasteiger partial charge in [-0.05, 0) is 50.6 Å². The number of ether oxygens (including phenoxy) is 2. The molecule has 0 fully saturated rings. The van der Waals surface area contributed by atoms with E-state index in [9.17, 15) is 9.59 Å². The molecule has 1 aliphatic heterocycles. The average molecular weight is 443 g/mol. The van der Waals surface area contributed by atoms with Crippen molar-refractivity contribution in [3.05, 3.63) is 89.1 Å². The van der Waals surface area contributed by atoms with Crippen molar-refractivity contribution >= 4 is 28.8 Å². The minimum Gasteiger partial charge on any atom is -0.496 e. The number of amides is 2. The third kappa shape index (κ3) is 4.07. The molecule has 0 saturated carbocycles. The van der Waals surface area contributed by atoms with Crippen molar-refractivity contribution in [3.8, 4) is 11.5 Å². The highest BCUT2D eigenvalue weighted by molar-refractivity contribution is 6.46. The van der Waals surface area contributed by atoms with Gasteiger partial charge in [-0.3, -0.25) is 9.59 Å². The van der Waals surface area contributed by atoms with Gasteiger partial charge in [0.25, 0.3) is 11.8 Å². The molecule has 168 valence electrons. The minimum atomic E-state index is -0.431. The maximum Gasteiger partial charge on any atom is 0.282 e. The smallest absolute Gasteiger partial charge is 0.282 e. The first kappa shape index (κ1) is 22.1. The molecule has 0 atom stereocenters. The molecule has 3 aromatic carbocycles. The highest BCUT2D eigenvalue weighted by Crippen LogP contribution is 2.39. The van der Waals surface area contributed by atoms with Crippen LogP contribution >= 0.6 is 0 Å². The Balaban J connectivity index is 1.88. The molecule has 0 radical (unpaired) electrons. The van der Waals surface area contributed by atoms with E-state index in [0.29, 0.717) is 35.0 Å². The Hall–Kier alpha value is -4.06. The summed E-state index contributed by atoms with van der Waals surface area (Å²) in [5, 5.41) is 3.19. The average Bonchev–Trinajstić information content (AvgIpc) is 3.04. The van der Waals surface area contributed by atoms with Gasteiger partial charge in [0.2, 0.25) is 0 Å². The van der Waals surface area contributed by atoms with E-state index < -0.39 is 11.8 Å². The molecule has 6 heteroatoms. The van der Waals surface area contributed by atoms with Gasteiger partial charge >= 0.3 is 0 Å². The molecule has 0 unspecified atom stereocenters. The van der Waals surface area contributed by atoms with Crippen molar-refractivity contribution in [2.75, 3.05) is 23.9 Å². The number of hydrogen-bond acceptors (Lipinski definition) is 5. The van der Waals surface area contributed by atoms with Crippen LogP contribution in [-0.4, -0.2) is 25.5 Å². The number of methoxy groups -OCH3 is 1. The van der Waals surface area contributed by atoms with Crippen molar-refractivity contribution in [2.24, 2.45) is 0 Å². The number of anilines is 2. The molecule has 4 rings (SSSR count). The first-order valence-corrected chi connectivity index (χ1v) is 10.8. The van der Waals surface area contributed by atoms with Gasteiger partial charge in [0.15, 0.2) is 0 Å². The summed E-state index contributed by atoms with van der Waals surface area (Å²) in [6, 6.07) is 20.2. The minimum absolute atomic E-state index is 0.177. The van der Waals surface area contributed by atoms with E-state index in [1.165, 1.54) is 4.90 Å². The van der Waals surface area contributed by atoms with Gasteiger partial charge in [-0.15, -0.1) is 0 Å². The van der Waals surface area contributed by atoms with Crippen molar-refractivity contribution in [1.29, 1.82) is 0 Å². The Kier molecular flexibility index (Phi) is 6.18. The Morgan fingerprint density at radius 3 is 2.27 bits per heavy atom. The molecule has 1 heterocycles. The summed E-state index contributed by atoms with van der Waals surface area (Å²) in [5.41, 5.74) is 4.02. The Morgan fingerprint density at radius 1 is 0.879 bits per heavy atom. The van der Waals surface area contributed by atoms with Crippen molar-refractivity contribution in [2.45, 2.75) is 20.8 Å². The van der Waals surface area contributed by atoms with Crippen LogP contribution in [0.1, 0.15) is 23.6 Å². The zero-order chi connectivity index (χ0) is 23.5. The first-order valence-electron chi connectivity index (χ1n) is 10.8. The van der Waals surface area contributed by atoms with Crippen LogP contribution in [0.3, 0.4) is 0 Å². The predicted octanol–water partition coefficient (Wildman–Crippen LogP) is 5.11. The summed E-state index contributed by atoms with van der Waals surface area (Å²) in [6.07, 6.45) is 0. The number of para-hydroxylation sites is 3. The number of carbonyl (C=O) groups is 2.